The molecular weight excluding hydrogens is 331 g/mol. The second-order valence-electron chi connectivity index (χ2n) is 6.19. The Labute approximate surface area is 155 Å². The van der Waals surface area contributed by atoms with Crippen molar-refractivity contribution >= 4 is 5.96 Å². The molecule has 26 heavy (non-hydrogen) atoms. The van der Waals surface area contributed by atoms with E-state index >= 15 is 0 Å². The van der Waals surface area contributed by atoms with Gasteiger partial charge in [-0.15, -0.1) is 0 Å². The van der Waals surface area contributed by atoms with Gasteiger partial charge in [-0.3, -0.25) is 0 Å². The molecule has 0 bridgehead atoms. The lowest BCUT2D eigenvalue weighted by Gasteiger charge is -2.11. The van der Waals surface area contributed by atoms with Gasteiger partial charge >= 0.3 is 0 Å². The van der Waals surface area contributed by atoms with Crippen molar-refractivity contribution in [2.24, 2.45) is 4.99 Å². The Bertz CT molecular complexity index is 695. The Hall–Kier alpha value is -2.37. The molecule has 0 atom stereocenters. The molecule has 0 aliphatic rings. The second kappa shape index (κ2) is 10.6. The van der Waals surface area contributed by atoms with Crippen molar-refractivity contribution in [3.63, 3.8) is 0 Å². The average molecular weight is 360 g/mol. The Morgan fingerprint density at radius 1 is 1.19 bits per heavy atom. The van der Waals surface area contributed by atoms with Gasteiger partial charge in [-0.25, -0.2) is 9.38 Å². The fourth-order valence-electron chi connectivity index (χ4n) is 2.82. The van der Waals surface area contributed by atoms with E-state index in [1.807, 2.05) is 19.1 Å². The first-order valence-electron chi connectivity index (χ1n) is 9.38. The number of hydrogen-bond donors (Lipinski definition) is 2. The molecule has 0 fully saturated rings. The molecule has 6 heteroatoms. The number of rotatable bonds is 9. The van der Waals surface area contributed by atoms with Crippen molar-refractivity contribution < 1.29 is 8.91 Å². The summed E-state index contributed by atoms with van der Waals surface area (Å²) in [7, 11) is 0. The number of benzene rings is 1. The predicted octanol–water partition coefficient (Wildman–Crippen LogP) is 4.02. The molecule has 0 saturated heterocycles. The van der Waals surface area contributed by atoms with Crippen LogP contribution in [0.3, 0.4) is 0 Å². The molecule has 0 aliphatic carbocycles. The fourth-order valence-corrected chi connectivity index (χ4v) is 2.82. The van der Waals surface area contributed by atoms with Gasteiger partial charge in [0.25, 0.3) is 0 Å². The molecular formula is C20H29FN4O. The van der Waals surface area contributed by atoms with Gasteiger partial charge in [-0.1, -0.05) is 37.2 Å². The Morgan fingerprint density at radius 2 is 1.96 bits per heavy atom. The summed E-state index contributed by atoms with van der Waals surface area (Å²) in [6, 6.07) is 8.82. The van der Waals surface area contributed by atoms with Gasteiger partial charge in [-0.05, 0) is 37.8 Å². The Kier molecular flexibility index (Phi) is 8.12. The largest absolute Gasteiger partial charge is 0.359 e. The van der Waals surface area contributed by atoms with E-state index in [2.05, 4.69) is 34.6 Å². The third-order valence-electron chi connectivity index (χ3n) is 4.36. The van der Waals surface area contributed by atoms with Crippen LogP contribution in [0.15, 0.2) is 39.8 Å². The summed E-state index contributed by atoms with van der Waals surface area (Å²) in [5, 5.41) is 10.6. The zero-order valence-electron chi connectivity index (χ0n) is 15.9. The zero-order valence-corrected chi connectivity index (χ0v) is 15.9. The molecule has 0 radical (unpaired) electrons. The molecule has 0 amide bonds. The number of hydrogen-bond acceptors (Lipinski definition) is 3. The first kappa shape index (κ1) is 19.9. The van der Waals surface area contributed by atoms with Crippen molar-refractivity contribution in [1.29, 1.82) is 0 Å². The van der Waals surface area contributed by atoms with Crippen molar-refractivity contribution in [2.75, 3.05) is 13.1 Å². The molecule has 0 saturated carbocycles. The summed E-state index contributed by atoms with van der Waals surface area (Å²) in [5.74, 6) is 1.69. The van der Waals surface area contributed by atoms with Crippen LogP contribution in [0.4, 0.5) is 4.39 Å². The summed E-state index contributed by atoms with van der Waals surface area (Å²) < 4.78 is 19.1. The van der Waals surface area contributed by atoms with Crippen LogP contribution in [-0.4, -0.2) is 24.2 Å². The minimum Gasteiger partial charge on any atom is -0.359 e. The monoisotopic (exact) mass is 360 g/mol. The molecule has 142 valence electrons. The van der Waals surface area contributed by atoms with Gasteiger partial charge in [0, 0.05) is 25.1 Å². The molecule has 5 nitrogen and oxygen atoms in total. The lowest BCUT2D eigenvalue weighted by molar-refractivity contribution is 0.372. The highest BCUT2D eigenvalue weighted by atomic mass is 19.1. The van der Waals surface area contributed by atoms with Crippen LogP contribution < -0.4 is 10.6 Å². The lowest BCUT2D eigenvalue weighted by atomic mass is 9.99. The molecule has 1 aromatic carbocycles. The van der Waals surface area contributed by atoms with E-state index in [1.165, 1.54) is 6.07 Å². The van der Waals surface area contributed by atoms with E-state index < -0.39 is 0 Å². The third kappa shape index (κ3) is 5.86. The molecule has 0 aliphatic heterocycles. The lowest BCUT2D eigenvalue weighted by Crippen LogP contribution is -2.38. The molecule has 1 aromatic heterocycles. The molecule has 2 aromatic rings. The highest BCUT2D eigenvalue weighted by molar-refractivity contribution is 5.79. The highest BCUT2D eigenvalue weighted by Gasteiger charge is 2.12. The summed E-state index contributed by atoms with van der Waals surface area (Å²) >= 11 is 0. The number of halogens is 1. The van der Waals surface area contributed by atoms with Crippen LogP contribution in [0.1, 0.15) is 56.5 Å². The second-order valence-corrected chi connectivity index (χ2v) is 6.19. The number of aromatic nitrogens is 1. The SMILES string of the molecule is CCNC(=NCc1cc(C(CC)CC)no1)NCCc1ccccc1F. The molecule has 2 N–H and O–H groups in total. The van der Waals surface area contributed by atoms with Crippen LogP contribution in [0.5, 0.6) is 0 Å². The van der Waals surface area contributed by atoms with Crippen molar-refractivity contribution in [1.82, 2.24) is 15.8 Å². The van der Waals surface area contributed by atoms with Gasteiger partial charge in [0.15, 0.2) is 11.7 Å². The van der Waals surface area contributed by atoms with E-state index in [-0.39, 0.29) is 5.82 Å². The fraction of sp³-hybridized carbons (Fsp3) is 0.500. The number of guanidine groups is 1. The Balaban J connectivity index is 1.91. The van der Waals surface area contributed by atoms with E-state index in [0.717, 1.165) is 30.8 Å². The number of nitrogens with one attached hydrogen (secondary N) is 2. The normalized spacial score (nSPS) is 11.8. The highest BCUT2D eigenvalue weighted by Crippen LogP contribution is 2.22. The maximum Gasteiger partial charge on any atom is 0.191 e. The van der Waals surface area contributed by atoms with Crippen molar-refractivity contribution in [3.05, 3.63) is 53.2 Å². The number of aliphatic imine (C=N–C) groups is 1. The van der Waals surface area contributed by atoms with Crippen LogP contribution in [0.25, 0.3) is 0 Å². The summed E-state index contributed by atoms with van der Waals surface area (Å²) in [6.45, 7) is 8.09. The van der Waals surface area contributed by atoms with E-state index in [9.17, 15) is 4.39 Å². The maximum absolute atomic E-state index is 13.7. The average Bonchev–Trinajstić information content (AvgIpc) is 3.11. The van der Waals surface area contributed by atoms with Crippen LogP contribution >= 0.6 is 0 Å². The van der Waals surface area contributed by atoms with Crippen molar-refractivity contribution in [3.8, 4) is 0 Å². The maximum atomic E-state index is 13.7. The van der Waals surface area contributed by atoms with E-state index in [1.54, 1.807) is 12.1 Å². The van der Waals surface area contributed by atoms with Crippen LogP contribution in [0, 0.1) is 5.82 Å². The standard InChI is InChI=1S/C20H29FN4O/c1-4-15(5-2)19-13-17(26-25-19)14-24-20(22-6-3)23-12-11-16-9-7-8-10-18(16)21/h7-10,13,15H,4-6,11-12,14H2,1-3H3,(H2,22,23,24). The van der Waals surface area contributed by atoms with E-state index in [4.69, 9.17) is 4.52 Å². The first-order valence-corrected chi connectivity index (χ1v) is 9.38. The molecule has 0 spiro atoms. The van der Waals surface area contributed by atoms with Crippen molar-refractivity contribution in [2.45, 2.75) is 52.5 Å². The van der Waals surface area contributed by atoms with Gasteiger partial charge < -0.3 is 15.2 Å². The van der Waals surface area contributed by atoms with Gasteiger partial charge in [0.05, 0.1) is 5.69 Å². The zero-order chi connectivity index (χ0) is 18.8. The van der Waals surface area contributed by atoms with Crippen LogP contribution in [-0.2, 0) is 13.0 Å². The molecule has 0 unspecified atom stereocenters. The topological polar surface area (TPSA) is 62.5 Å². The van der Waals surface area contributed by atoms with Gasteiger partial charge in [0.2, 0.25) is 0 Å². The van der Waals surface area contributed by atoms with Gasteiger partial charge in [0.1, 0.15) is 12.4 Å². The molecule has 1 heterocycles. The van der Waals surface area contributed by atoms with E-state index in [0.29, 0.717) is 37.0 Å². The summed E-state index contributed by atoms with van der Waals surface area (Å²) in [6.07, 6.45) is 2.69. The van der Waals surface area contributed by atoms with Gasteiger partial charge in [-0.2, -0.15) is 0 Å². The summed E-state index contributed by atoms with van der Waals surface area (Å²) in [5.41, 5.74) is 1.69. The predicted molar refractivity (Wildman–Crippen MR) is 103 cm³/mol. The minimum atomic E-state index is -0.174. The number of nitrogens with zero attached hydrogens (tertiary/aromatic N) is 2. The van der Waals surface area contributed by atoms with Crippen LogP contribution in [0.2, 0.25) is 0 Å². The summed E-state index contributed by atoms with van der Waals surface area (Å²) in [4.78, 5) is 4.53. The first-order chi connectivity index (χ1) is 12.7. The minimum absolute atomic E-state index is 0.174. The Morgan fingerprint density at radius 3 is 2.65 bits per heavy atom. The third-order valence-corrected chi connectivity index (χ3v) is 4.36. The molecule has 2 rings (SSSR count). The quantitative estimate of drug-likeness (QED) is 0.524. The smallest absolute Gasteiger partial charge is 0.191 e.